The summed E-state index contributed by atoms with van der Waals surface area (Å²) in [6.07, 6.45) is 0.852. The lowest BCUT2D eigenvalue weighted by atomic mass is 10.3. The highest BCUT2D eigenvalue weighted by Crippen LogP contribution is 2.27. The normalized spacial score (nSPS) is 13.2. The first kappa shape index (κ1) is 14.2. The van der Waals surface area contributed by atoms with Crippen LogP contribution in [-0.2, 0) is 20.0 Å². The van der Waals surface area contributed by atoms with Crippen LogP contribution >= 0.6 is 11.6 Å². The molecule has 0 aliphatic carbocycles. The molecule has 112 valence electrons. The van der Waals surface area contributed by atoms with Crippen LogP contribution in [0.3, 0.4) is 0 Å². The molecule has 0 bridgehead atoms. The van der Waals surface area contributed by atoms with Crippen LogP contribution < -0.4 is 0 Å². The van der Waals surface area contributed by atoms with E-state index in [-0.39, 0.29) is 5.38 Å². The lowest BCUT2D eigenvalue weighted by Crippen LogP contribution is -2.08. The Morgan fingerprint density at radius 2 is 2.14 bits per heavy atom. The number of furan rings is 1. The van der Waals surface area contributed by atoms with Gasteiger partial charge in [0.2, 0.25) is 0 Å². The summed E-state index contributed by atoms with van der Waals surface area (Å²) in [5.41, 5.74) is 2.93. The Morgan fingerprint density at radius 1 is 1.38 bits per heavy atom. The Labute approximate surface area is 128 Å². The van der Waals surface area contributed by atoms with Crippen molar-refractivity contribution in [2.24, 2.45) is 7.05 Å². The highest BCUT2D eigenvalue weighted by molar-refractivity contribution is 6.20. The third kappa shape index (κ3) is 2.35. The summed E-state index contributed by atoms with van der Waals surface area (Å²) in [5.74, 6) is 2.65. The molecule has 0 saturated heterocycles. The van der Waals surface area contributed by atoms with Gasteiger partial charge in [0.15, 0.2) is 5.65 Å². The Balaban J connectivity index is 2.18. The molecule has 0 fully saturated rings. The van der Waals surface area contributed by atoms with E-state index in [1.807, 2.05) is 37.7 Å². The number of alkyl halides is 1. The molecular formula is C15H19ClN4O. The van der Waals surface area contributed by atoms with Gasteiger partial charge in [-0.1, -0.05) is 6.92 Å². The molecule has 0 spiro atoms. The molecule has 3 rings (SSSR count). The molecule has 0 aliphatic rings. The van der Waals surface area contributed by atoms with E-state index in [9.17, 15) is 0 Å². The largest absolute Gasteiger partial charge is 0.464 e. The lowest BCUT2D eigenvalue weighted by Gasteiger charge is -2.09. The second-order valence-electron chi connectivity index (χ2n) is 5.28. The van der Waals surface area contributed by atoms with Gasteiger partial charge in [-0.25, -0.2) is 4.98 Å². The molecule has 0 amide bonds. The monoisotopic (exact) mass is 306 g/mol. The first-order valence-electron chi connectivity index (χ1n) is 7.12. The SMILES string of the molecule is CCc1nn(C)c2c1nc(C(C)Cl)n2Cc1ccc(C)o1. The average molecular weight is 307 g/mol. The van der Waals surface area contributed by atoms with Gasteiger partial charge < -0.3 is 8.98 Å². The maximum Gasteiger partial charge on any atom is 0.159 e. The zero-order chi connectivity index (χ0) is 15.1. The van der Waals surface area contributed by atoms with Crippen molar-refractivity contribution < 1.29 is 4.42 Å². The number of imidazole rings is 1. The third-order valence-electron chi connectivity index (χ3n) is 3.62. The number of halogens is 1. The van der Waals surface area contributed by atoms with E-state index in [0.29, 0.717) is 6.54 Å². The zero-order valence-corrected chi connectivity index (χ0v) is 13.5. The summed E-state index contributed by atoms with van der Waals surface area (Å²) in [7, 11) is 1.94. The van der Waals surface area contributed by atoms with Crippen LogP contribution in [-0.4, -0.2) is 19.3 Å². The third-order valence-corrected chi connectivity index (χ3v) is 3.82. The minimum atomic E-state index is -0.168. The van der Waals surface area contributed by atoms with Crippen molar-refractivity contribution in [1.82, 2.24) is 19.3 Å². The first-order chi connectivity index (χ1) is 10.0. The molecule has 0 radical (unpaired) electrons. The van der Waals surface area contributed by atoms with Gasteiger partial charge in [0, 0.05) is 7.05 Å². The number of nitrogens with zero attached hydrogens (tertiary/aromatic N) is 4. The molecule has 3 aromatic rings. The number of fused-ring (bicyclic) bond motifs is 1. The summed E-state index contributed by atoms with van der Waals surface area (Å²) in [5, 5.41) is 4.37. The van der Waals surface area contributed by atoms with E-state index in [1.165, 1.54) is 0 Å². The molecule has 6 heteroatoms. The minimum absolute atomic E-state index is 0.168. The van der Waals surface area contributed by atoms with Gasteiger partial charge in [-0.3, -0.25) is 4.68 Å². The van der Waals surface area contributed by atoms with E-state index in [1.54, 1.807) is 0 Å². The van der Waals surface area contributed by atoms with Gasteiger partial charge in [0.1, 0.15) is 22.9 Å². The zero-order valence-electron chi connectivity index (χ0n) is 12.7. The Kier molecular flexibility index (Phi) is 3.53. The number of rotatable bonds is 4. The van der Waals surface area contributed by atoms with Crippen molar-refractivity contribution in [1.29, 1.82) is 0 Å². The van der Waals surface area contributed by atoms with Gasteiger partial charge in [-0.2, -0.15) is 5.10 Å². The van der Waals surface area contributed by atoms with Crippen molar-refractivity contribution >= 4 is 22.8 Å². The van der Waals surface area contributed by atoms with Gasteiger partial charge in [-0.05, 0) is 32.4 Å². The van der Waals surface area contributed by atoms with Gasteiger partial charge >= 0.3 is 0 Å². The summed E-state index contributed by atoms with van der Waals surface area (Å²) in [6, 6.07) is 3.95. The van der Waals surface area contributed by atoms with E-state index in [2.05, 4.69) is 16.6 Å². The Bertz CT molecular complexity index is 781. The molecule has 0 aliphatic heterocycles. The van der Waals surface area contributed by atoms with Crippen molar-refractivity contribution in [3.05, 3.63) is 35.2 Å². The maximum absolute atomic E-state index is 6.31. The maximum atomic E-state index is 6.31. The van der Waals surface area contributed by atoms with Crippen LogP contribution in [0.5, 0.6) is 0 Å². The van der Waals surface area contributed by atoms with Crippen LogP contribution in [0.15, 0.2) is 16.5 Å². The molecule has 1 atom stereocenters. The topological polar surface area (TPSA) is 48.8 Å². The smallest absolute Gasteiger partial charge is 0.159 e. The molecule has 0 aromatic carbocycles. The number of aryl methyl sites for hydroxylation is 3. The lowest BCUT2D eigenvalue weighted by molar-refractivity contribution is 0.467. The fourth-order valence-electron chi connectivity index (χ4n) is 2.68. The summed E-state index contributed by atoms with van der Waals surface area (Å²) in [4.78, 5) is 4.71. The average Bonchev–Trinajstić information content (AvgIpc) is 3.07. The van der Waals surface area contributed by atoms with Crippen molar-refractivity contribution in [2.45, 2.75) is 39.1 Å². The highest BCUT2D eigenvalue weighted by atomic mass is 35.5. The van der Waals surface area contributed by atoms with Crippen molar-refractivity contribution in [3.63, 3.8) is 0 Å². The molecule has 0 N–H and O–H groups in total. The number of aromatic nitrogens is 4. The van der Waals surface area contributed by atoms with E-state index in [0.717, 1.165) is 40.6 Å². The predicted molar refractivity (Wildman–Crippen MR) is 82.7 cm³/mol. The Hall–Kier alpha value is -1.75. The second kappa shape index (κ2) is 5.22. The molecule has 5 nitrogen and oxygen atoms in total. The van der Waals surface area contributed by atoms with Crippen LogP contribution in [0, 0.1) is 6.92 Å². The summed E-state index contributed by atoms with van der Waals surface area (Å²) >= 11 is 6.31. The molecule has 21 heavy (non-hydrogen) atoms. The first-order valence-corrected chi connectivity index (χ1v) is 7.56. The number of hydrogen-bond donors (Lipinski definition) is 0. The van der Waals surface area contributed by atoms with Crippen LogP contribution in [0.1, 0.15) is 42.3 Å². The fraction of sp³-hybridized carbons (Fsp3) is 0.467. The van der Waals surface area contributed by atoms with Crippen molar-refractivity contribution in [3.8, 4) is 0 Å². The van der Waals surface area contributed by atoms with Crippen LogP contribution in [0.2, 0.25) is 0 Å². The predicted octanol–water partition coefficient (Wildman–Crippen LogP) is 3.58. The quantitative estimate of drug-likeness (QED) is 0.692. The Morgan fingerprint density at radius 3 is 2.71 bits per heavy atom. The van der Waals surface area contributed by atoms with Gasteiger partial charge in [0.25, 0.3) is 0 Å². The minimum Gasteiger partial charge on any atom is -0.464 e. The van der Waals surface area contributed by atoms with Crippen LogP contribution in [0.4, 0.5) is 0 Å². The molecular weight excluding hydrogens is 288 g/mol. The molecule has 3 aromatic heterocycles. The summed E-state index contributed by atoms with van der Waals surface area (Å²) < 4.78 is 9.66. The standard InChI is InChI=1S/C15H19ClN4O/c1-5-12-13-15(19(4)18-12)20(14(17-13)10(3)16)8-11-7-6-9(2)21-11/h6-7,10H,5,8H2,1-4H3. The van der Waals surface area contributed by atoms with E-state index >= 15 is 0 Å². The van der Waals surface area contributed by atoms with Crippen molar-refractivity contribution in [2.75, 3.05) is 0 Å². The van der Waals surface area contributed by atoms with E-state index in [4.69, 9.17) is 21.0 Å². The fourth-order valence-corrected chi connectivity index (χ4v) is 2.85. The molecule has 3 heterocycles. The highest BCUT2D eigenvalue weighted by Gasteiger charge is 2.21. The van der Waals surface area contributed by atoms with Gasteiger partial charge in [-0.15, -0.1) is 11.6 Å². The number of hydrogen-bond acceptors (Lipinski definition) is 3. The van der Waals surface area contributed by atoms with Crippen LogP contribution in [0.25, 0.3) is 11.2 Å². The molecule has 0 saturated carbocycles. The second-order valence-corrected chi connectivity index (χ2v) is 5.94. The molecule has 1 unspecified atom stereocenters. The summed E-state index contributed by atoms with van der Waals surface area (Å²) in [6.45, 7) is 6.57. The van der Waals surface area contributed by atoms with Gasteiger partial charge in [0.05, 0.1) is 17.6 Å². The van der Waals surface area contributed by atoms with E-state index < -0.39 is 0 Å².